The molecule has 3 rings (SSSR count). The van der Waals surface area contributed by atoms with Gasteiger partial charge in [-0.2, -0.15) is 0 Å². The largest absolute Gasteiger partial charge is 0.303 e. The Hall–Kier alpha value is -1.26. The molecular weight excluding hydrogens is 259 g/mol. The third-order valence-corrected chi connectivity index (χ3v) is 4.49. The van der Waals surface area contributed by atoms with Crippen LogP contribution in [0.1, 0.15) is 30.3 Å². The lowest BCUT2D eigenvalue weighted by molar-refractivity contribution is 0.357. The van der Waals surface area contributed by atoms with Gasteiger partial charge in [-0.1, -0.05) is 12.1 Å². The highest BCUT2D eigenvalue weighted by molar-refractivity contribution is 7.09. The number of hydrogen-bond acceptors (Lipinski definition) is 3. The molecule has 1 aliphatic carbocycles. The Labute approximate surface area is 116 Å². The number of thiazole rings is 1. The molecule has 2 nitrogen and oxygen atoms in total. The fourth-order valence-electron chi connectivity index (χ4n) is 2.42. The van der Waals surface area contributed by atoms with Gasteiger partial charge in [0.15, 0.2) is 0 Å². The van der Waals surface area contributed by atoms with E-state index >= 15 is 0 Å². The van der Waals surface area contributed by atoms with Crippen LogP contribution in [0.2, 0.25) is 0 Å². The Morgan fingerprint density at radius 1 is 1.47 bits per heavy atom. The topological polar surface area (TPSA) is 24.9 Å². The Bertz CT molecular complexity index is 551. The number of nitrogens with zero attached hydrogens (tertiary/aromatic N) is 1. The van der Waals surface area contributed by atoms with Crippen LogP contribution in [0, 0.1) is 5.82 Å². The lowest BCUT2D eigenvalue weighted by Crippen LogP contribution is -2.42. The molecule has 0 radical (unpaired) electrons. The second kappa shape index (κ2) is 5.02. The van der Waals surface area contributed by atoms with E-state index in [2.05, 4.69) is 17.2 Å². The predicted molar refractivity (Wildman–Crippen MR) is 75.7 cm³/mol. The summed E-state index contributed by atoms with van der Waals surface area (Å²) >= 11 is 1.66. The molecule has 19 heavy (non-hydrogen) atoms. The Balaban J connectivity index is 1.86. The summed E-state index contributed by atoms with van der Waals surface area (Å²) in [4.78, 5) is 4.45. The molecule has 1 aromatic heterocycles. The first-order valence-electron chi connectivity index (χ1n) is 6.58. The van der Waals surface area contributed by atoms with E-state index in [1.807, 2.05) is 17.6 Å². The minimum Gasteiger partial charge on any atom is -0.303 e. The normalized spacial score (nSPS) is 18.2. The van der Waals surface area contributed by atoms with Crippen molar-refractivity contribution in [2.45, 2.75) is 37.8 Å². The van der Waals surface area contributed by atoms with E-state index in [0.29, 0.717) is 6.04 Å². The molecule has 0 bridgehead atoms. The van der Waals surface area contributed by atoms with Crippen LogP contribution < -0.4 is 5.32 Å². The van der Waals surface area contributed by atoms with Gasteiger partial charge in [-0.05, 0) is 43.9 Å². The maximum atomic E-state index is 13.3. The summed E-state index contributed by atoms with van der Waals surface area (Å²) < 4.78 is 13.3. The molecule has 0 aliphatic heterocycles. The average Bonchev–Trinajstić information content (AvgIpc) is 2.99. The number of rotatable bonds is 5. The maximum absolute atomic E-state index is 13.3. The molecule has 1 aliphatic rings. The van der Waals surface area contributed by atoms with Gasteiger partial charge in [0.2, 0.25) is 0 Å². The van der Waals surface area contributed by atoms with Crippen molar-refractivity contribution in [3.63, 3.8) is 0 Å². The van der Waals surface area contributed by atoms with Crippen molar-refractivity contribution in [1.29, 1.82) is 0 Å². The molecule has 0 spiro atoms. The molecule has 1 atom stereocenters. The number of benzene rings is 1. The molecule has 0 saturated heterocycles. The number of nitrogens with one attached hydrogen (secondary N) is 1. The minimum atomic E-state index is -0.205. The molecule has 100 valence electrons. The number of hydrogen-bond donors (Lipinski definition) is 1. The van der Waals surface area contributed by atoms with Crippen molar-refractivity contribution in [2.24, 2.45) is 0 Å². The highest BCUT2D eigenvalue weighted by atomic mass is 32.1. The molecule has 1 heterocycles. The van der Waals surface area contributed by atoms with Gasteiger partial charge >= 0.3 is 0 Å². The van der Waals surface area contributed by atoms with Gasteiger partial charge in [-0.25, -0.2) is 9.37 Å². The Kier molecular flexibility index (Phi) is 3.37. The first-order chi connectivity index (χ1) is 9.16. The zero-order chi connectivity index (χ0) is 13.3. The quantitative estimate of drug-likeness (QED) is 0.904. The minimum absolute atomic E-state index is 0.176. The molecule has 1 fully saturated rings. The molecule has 4 heteroatoms. The molecular formula is C15H17FN2S. The monoisotopic (exact) mass is 276 g/mol. The van der Waals surface area contributed by atoms with E-state index in [-0.39, 0.29) is 11.4 Å². The summed E-state index contributed by atoms with van der Waals surface area (Å²) in [5, 5.41) is 6.73. The van der Waals surface area contributed by atoms with Crippen molar-refractivity contribution in [3.05, 3.63) is 52.2 Å². The highest BCUT2D eigenvalue weighted by Gasteiger charge is 2.35. The van der Waals surface area contributed by atoms with Crippen LogP contribution in [0.25, 0.3) is 0 Å². The van der Waals surface area contributed by atoms with Crippen LogP contribution in [0.15, 0.2) is 35.8 Å². The van der Waals surface area contributed by atoms with E-state index in [0.717, 1.165) is 17.0 Å². The smallest absolute Gasteiger partial charge is 0.123 e. The third kappa shape index (κ3) is 3.01. The number of halogens is 1. The van der Waals surface area contributed by atoms with Crippen LogP contribution in [-0.4, -0.2) is 11.0 Å². The lowest BCUT2D eigenvalue weighted by Gasteiger charge is -2.29. The predicted octanol–water partition coefficient (Wildman–Crippen LogP) is 3.49. The maximum Gasteiger partial charge on any atom is 0.123 e. The second-order valence-electron chi connectivity index (χ2n) is 5.39. The summed E-state index contributed by atoms with van der Waals surface area (Å²) in [5.74, 6) is -0.176. The lowest BCUT2D eigenvalue weighted by atomic mass is 9.93. The van der Waals surface area contributed by atoms with Gasteiger partial charge in [0.25, 0.3) is 0 Å². The van der Waals surface area contributed by atoms with Crippen LogP contribution in [0.3, 0.4) is 0 Å². The van der Waals surface area contributed by atoms with Crippen molar-refractivity contribution in [3.8, 4) is 0 Å². The standard InChI is InChI=1S/C15H17FN2S/c1-15(18-13-5-6-13,14-17-7-8-19-14)10-11-3-2-4-12(16)9-11/h2-4,7-9,13,18H,5-6,10H2,1H3. The summed E-state index contributed by atoms with van der Waals surface area (Å²) in [6, 6.07) is 7.43. The van der Waals surface area contributed by atoms with Gasteiger partial charge < -0.3 is 5.32 Å². The van der Waals surface area contributed by atoms with Crippen molar-refractivity contribution in [2.75, 3.05) is 0 Å². The van der Waals surface area contributed by atoms with Gasteiger partial charge in [-0.3, -0.25) is 0 Å². The SMILES string of the molecule is CC(Cc1cccc(F)c1)(NC1CC1)c1nccs1. The Morgan fingerprint density at radius 2 is 2.32 bits per heavy atom. The van der Waals surface area contributed by atoms with E-state index in [4.69, 9.17) is 0 Å². The van der Waals surface area contributed by atoms with Crippen molar-refractivity contribution < 1.29 is 4.39 Å². The third-order valence-electron chi connectivity index (χ3n) is 3.45. The average molecular weight is 276 g/mol. The first-order valence-corrected chi connectivity index (χ1v) is 7.46. The van der Waals surface area contributed by atoms with Crippen LogP contribution in [0.4, 0.5) is 4.39 Å². The van der Waals surface area contributed by atoms with Crippen molar-refractivity contribution >= 4 is 11.3 Å². The second-order valence-corrected chi connectivity index (χ2v) is 6.29. The van der Waals surface area contributed by atoms with Crippen LogP contribution in [-0.2, 0) is 12.0 Å². The fraction of sp³-hybridized carbons (Fsp3) is 0.400. The van der Waals surface area contributed by atoms with E-state index in [1.165, 1.54) is 18.9 Å². The van der Waals surface area contributed by atoms with Gasteiger partial charge in [0.1, 0.15) is 10.8 Å². The highest BCUT2D eigenvalue weighted by Crippen LogP contribution is 2.32. The van der Waals surface area contributed by atoms with E-state index < -0.39 is 0 Å². The van der Waals surface area contributed by atoms with E-state index in [9.17, 15) is 4.39 Å². The molecule has 1 saturated carbocycles. The van der Waals surface area contributed by atoms with Crippen LogP contribution in [0.5, 0.6) is 0 Å². The van der Waals surface area contributed by atoms with E-state index in [1.54, 1.807) is 23.5 Å². The summed E-state index contributed by atoms with van der Waals surface area (Å²) in [5.41, 5.74) is 0.800. The van der Waals surface area contributed by atoms with Crippen LogP contribution >= 0.6 is 11.3 Å². The van der Waals surface area contributed by atoms with Gasteiger partial charge in [-0.15, -0.1) is 11.3 Å². The van der Waals surface area contributed by atoms with Crippen molar-refractivity contribution in [1.82, 2.24) is 10.3 Å². The number of aromatic nitrogens is 1. The summed E-state index contributed by atoms with van der Waals surface area (Å²) in [6.45, 7) is 2.16. The molecule has 1 aromatic carbocycles. The molecule has 2 aromatic rings. The summed E-state index contributed by atoms with van der Waals surface area (Å²) in [6.07, 6.45) is 5.04. The molecule has 1 unspecified atom stereocenters. The first kappa shape index (κ1) is 12.8. The fourth-order valence-corrected chi connectivity index (χ4v) is 3.18. The zero-order valence-corrected chi connectivity index (χ0v) is 11.7. The molecule has 1 N–H and O–H groups in total. The zero-order valence-electron chi connectivity index (χ0n) is 10.9. The molecule has 0 amide bonds. The van der Waals surface area contributed by atoms with Gasteiger partial charge in [0, 0.05) is 17.6 Å². The van der Waals surface area contributed by atoms with Gasteiger partial charge in [0.05, 0.1) is 5.54 Å². The Morgan fingerprint density at radius 3 is 2.95 bits per heavy atom. The summed E-state index contributed by atoms with van der Waals surface area (Å²) in [7, 11) is 0.